The van der Waals surface area contributed by atoms with E-state index in [9.17, 15) is 9.59 Å². The molecule has 0 saturated heterocycles. The predicted molar refractivity (Wildman–Crippen MR) is 143 cm³/mol. The Balaban J connectivity index is 1.83. The highest BCUT2D eigenvalue weighted by Crippen LogP contribution is 2.37. The summed E-state index contributed by atoms with van der Waals surface area (Å²) in [6, 6.07) is 4.65. The van der Waals surface area contributed by atoms with Crippen LogP contribution in [0.1, 0.15) is 38.1 Å². The molecule has 0 radical (unpaired) electrons. The van der Waals surface area contributed by atoms with E-state index in [4.69, 9.17) is 13.9 Å². The van der Waals surface area contributed by atoms with Crippen LogP contribution >= 0.6 is 0 Å². The van der Waals surface area contributed by atoms with Crippen LogP contribution in [0.25, 0.3) is 0 Å². The summed E-state index contributed by atoms with van der Waals surface area (Å²) in [6.45, 7) is 13.5. The minimum Gasteiger partial charge on any atom is -0.489 e. The van der Waals surface area contributed by atoms with E-state index >= 15 is 0 Å². The summed E-state index contributed by atoms with van der Waals surface area (Å²) in [5, 5.41) is 3.28. The second kappa shape index (κ2) is 10.4. The molecule has 0 unspecified atom stereocenters. The van der Waals surface area contributed by atoms with Crippen molar-refractivity contribution < 1.29 is 23.5 Å². The molecule has 2 aromatic rings. The maximum atomic E-state index is 12.4. The first-order valence-corrected chi connectivity index (χ1v) is 14.8. The summed E-state index contributed by atoms with van der Waals surface area (Å²) in [5.74, 6) is 0.940. The van der Waals surface area contributed by atoms with Crippen LogP contribution in [0.5, 0.6) is 5.75 Å². The van der Waals surface area contributed by atoms with Crippen LogP contribution in [-0.4, -0.2) is 70.6 Å². The molecule has 11 heteroatoms. The number of nitrogens with zero attached hydrogens (tertiary/aromatic N) is 4. The number of benzene rings is 1. The summed E-state index contributed by atoms with van der Waals surface area (Å²) in [6.07, 6.45) is 1.61. The van der Waals surface area contributed by atoms with Crippen molar-refractivity contribution in [3.8, 4) is 5.75 Å². The fourth-order valence-corrected chi connectivity index (χ4v) is 4.47. The number of likely N-dealkylation sites (N-methyl/N-ethyl adjacent to an activating group) is 2. The van der Waals surface area contributed by atoms with Crippen LogP contribution in [0.4, 0.5) is 23.1 Å². The van der Waals surface area contributed by atoms with E-state index in [0.29, 0.717) is 47.7 Å². The van der Waals surface area contributed by atoms with Crippen molar-refractivity contribution in [3.05, 3.63) is 30.0 Å². The molecule has 0 saturated carbocycles. The zero-order valence-corrected chi connectivity index (χ0v) is 23.6. The summed E-state index contributed by atoms with van der Waals surface area (Å²) in [5.41, 5.74) is 1.58. The largest absolute Gasteiger partial charge is 0.489 e. The Kier molecular flexibility index (Phi) is 7.94. The van der Waals surface area contributed by atoms with E-state index in [-0.39, 0.29) is 17.0 Å². The number of aromatic nitrogens is 2. The average Bonchev–Trinajstić information content (AvgIpc) is 2.83. The molecule has 1 N–H and O–H groups in total. The summed E-state index contributed by atoms with van der Waals surface area (Å²) < 4.78 is 17.1. The van der Waals surface area contributed by atoms with Gasteiger partial charge in [0, 0.05) is 14.1 Å². The van der Waals surface area contributed by atoms with Crippen molar-refractivity contribution in [2.45, 2.75) is 51.9 Å². The van der Waals surface area contributed by atoms with Gasteiger partial charge in [0.25, 0.3) is 0 Å². The molecule has 2 heterocycles. The van der Waals surface area contributed by atoms with E-state index in [1.54, 1.807) is 36.3 Å². The van der Waals surface area contributed by atoms with Crippen LogP contribution < -0.4 is 19.9 Å². The minimum absolute atomic E-state index is 0.0247. The lowest BCUT2D eigenvalue weighted by Gasteiger charge is -2.36. The second-order valence-corrected chi connectivity index (χ2v) is 15.2. The first kappa shape index (κ1) is 27.4. The molecule has 0 fully saturated rings. The Morgan fingerprint density at radius 1 is 1.19 bits per heavy atom. The Morgan fingerprint density at radius 3 is 2.53 bits per heavy atom. The number of carbonyl (C=O) groups is 2. The summed E-state index contributed by atoms with van der Waals surface area (Å²) >= 11 is 0. The van der Waals surface area contributed by atoms with E-state index in [0.717, 1.165) is 0 Å². The van der Waals surface area contributed by atoms with Gasteiger partial charge in [-0.05, 0) is 43.3 Å². The summed E-state index contributed by atoms with van der Waals surface area (Å²) in [7, 11) is 2.96. The van der Waals surface area contributed by atoms with Crippen molar-refractivity contribution in [1.82, 2.24) is 9.97 Å². The Labute approximate surface area is 214 Å². The number of hydrogen-bond donors (Lipinski definition) is 1. The molecule has 196 valence electrons. The lowest BCUT2D eigenvalue weighted by Crippen LogP contribution is -2.49. The number of amides is 1. The van der Waals surface area contributed by atoms with E-state index in [1.165, 1.54) is 7.11 Å². The highest BCUT2D eigenvalue weighted by molar-refractivity contribution is 6.74. The first-order valence-electron chi connectivity index (χ1n) is 11.9. The van der Waals surface area contributed by atoms with Crippen molar-refractivity contribution in [3.63, 3.8) is 0 Å². The number of ether oxygens (including phenoxy) is 2. The molecule has 1 aromatic carbocycles. The molecular weight excluding hydrogens is 478 g/mol. The Bertz CT molecular complexity index is 1130. The molecule has 1 aliphatic rings. The third-order valence-corrected chi connectivity index (χ3v) is 11.5. The minimum atomic E-state index is -1.91. The molecule has 1 atom stereocenters. The number of fused-ring (bicyclic) bond motifs is 1. The molecule has 0 bridgehead atoms. The SMILES string of the molecule is COC(=O)c1ccc(Nc2ncc3c(n2)N(C)[C@H](C)C(=O)N3C)c(OCCO[Si](C)(C)C(C)(C)C)c1. The number of anilines is 4. The van der Waals surface area contributed by atoms with Gasteiger partial charge in [0.1, 0.15) is 24.1 Å². The predicted octanol–water partition coefficient (Wildman–Crippen LogP) is 4.21. The number of nitrogens with one attached hydrogen (secondary N) is 1. The van der Waals surface area contributed by atoms with Crippen LogP contribution in [-0.2, 0) is 14.0 Å². The average molecular weight is 516 g/mol. The Morgan fingerprint density at radius 2 is 1.89 bits per heavy atom. The summed E-state index contributed by atoms with van der Waals surface area (Å²) in [4.78, 5) is 36.9. The molecule has 0 aliphatic carbocycles. The first-order chi connectivity index (χ1) is 16.8. The van der Waals surface area contributed by atoms with Crippen molar-refractivity contribution >= 4 is 43.3 Å². The molecule has 10 nitrogen and oxygen atoms in total. The fourth-order valence-electron chi connectivity index (χ4n) is 3.45. The number of hydrogen-bond acceptors (Lipinski definition) is 9. The number of rotatable bonds is 8. The molecular formula is C25H37N5O5Si. The van der Waals surface area contributed by atoms with Gasteiger partial charge in [-0.15, -0.1) is 0 Å². The van der Waals surface area contributed by atoms with Gasteiger partial charge in [-0.1, -0.05) is 20.8 Å². The van der Waals surface area contributed by atoms with E-state index in [2.05, 4.69) is 49.1 Å². The monoisotopic (exact) mass is 515 g/mol. The molecule has 0 spiro atoms. The van der Waals surface area contributed by atoms with Gasteiger partial charge in [-0.25, -0.2) is 9.78 Å². The third kappa shape index (κ3) is 5.62. The number of esters is 1. The Hall–Kier alpha value is -3.18. The maximum Gasteiger partial charge on any atom is 0.337 e. The molecule has 1 aromatic heterocycles. The molecule has 1 amide bonds. The van der Waals surface area contributed by atoms with Gasteiger partial charge in [-0.2, -0.15) is 4.98 Å². The van der Waals surface area contributed by atoms with Gasteiger partial charge in [-0.3, -0.25) is 4.79 Å². The standard InChI is InChI=1S/C25H37N5O5Si/c1-16-22(31)30(6)19-15-26-24(28-21(19)29(16)5)27-18-11-10-17(23(32)33-7)14-20(18)34-12-13-35-36(8,9)25(2,3)4/h10-11,14-16H,12-13H2,1-9H3,(H,26,27,28)/t16-/m1/s1. The quantitative estimate of drug-likeness (QED) is 0.314. The van der Waals surface area contributed by atoms with Gasteiger partial charge in [0.2, 0.25) is 11.9 Å². The zero-order valence-electron chi connectivity index (χ0n) is 22.6. The van der Waals surface area contributed by atoms with E-state index in [1.807, 2.05) is 18.9 Å². The molecule has 1 aliphatic heterocycles. The van der Waals surface area contributed by atoms with Crippen molar-refractivity contribution in [1.29, 1.82) is 0 Å². The normalized spacial score (nSPS) is 16.0. The molecule has 3 rings (SSSR count). The van der Waals surface area contributed by atoms with Crippen LogP contribution in [0.15, 0.2) is 24.4 Å². The highest BCUT2D eigenvalue weighted by Gasteiger charge is 2.37. The van der Waals surface area contributed by atoms with Crippen LogP contribution in [0, 0.1) is 0 Å². The fraction of sp³-hybridized carbons (Fsp3) is 0.520. The number of methoxy groups -OCH3 is 1. The van der Waals surface area contributed by atoms with Crippen molar-refractivity contribution in [2.75, 3.05) is 49.5 Å². The zero-order chi connectivity index (χ0) is 26.8. The lowest BCUT2D eigenvalue weighted by atomic mass is 10.2. The van der Waals surface area contributed by atoms with Gasteiger partial charge in [0.05, 0.1) is 31.2 Å². The van der Waals surface area contributed by atoms with Gasteiger partial charge < -0.3 is 29.0 Å². The van der Waals surface area contributed by atoms with Crippen molar-refractivity contribution in [2.24, 2.45) is 0 Å². The topological polar surface area (TPSA) is 106 Å². The van der Waals surface area contributed by atoms with E-state index < -0.39 is 14.3 Å². The van der Waals surface area contributed by atoms with Gasteiger partial charge >= 0.3 is 5.97 Å². The lowest BCUT2D eigenvalue weighted by molar-refractivity contribution is -0.119. The van der Waals surface area contributed by atoms with Crippen LogP contribution in [0.2, 0.25) is 18.1 Å². The molecule has 36 heavy (non-hydrogen) atoms. The number of carbonyl (C=O) groups excluding carboxylic acids is 2. The smallest absolute Gasteiger partial charge is 0.337 e. The third-order valence-electron chi connectivity index (χ3n) is 6.97. The maximum absolute atomic E-state index is 12.4. The highest BCUT2D eigenvalue weighted by atomic mass is 28.4. The second-order valence-electron chi connectivity index (χ2n) is 10.4. The van der Waals surface area contributed by atoms with Crippen LogP contribution in [0.3, 0.4) is 0 Å². The van der Waals surface area contributed by atoms with Gasteiger partial charge in [0.15, 0.2) is 14.1 Å².